The number of halogens is 1. The van der Waals surface area contributed by atoms with Gasteiger partial charge in [0.2, 0.25) is 0 Å². The lowest BCUT2D eigenvalue weighted by atomic mass is 10.2. The van der Waals surface area contributed by atoms with Gasteiger partial charge in [0.15, 0.2) is 0 Å². The number of carbonyl (C=O) groups is 1. The van der Waals surface area contributed by atoms with Crippen molar-refractivity contribution in [2.75, 3.05) is 7.05 Å². The Balaban J connectivity index is 2.28. The number of nitrogens with one attached hydrogen (secondary N) is 1. The first-order valence-electron chi connectivity index (χ1n) is 5.29. The summed E-state index contributed by atoms with van der Waals surface area (Å²) in [6, 6.07) is 7.22. The van der Waals surface area contributed by atoms with Crippen LogP contribution in [0, 0.1) is 5.82 Å². The Morgan fingerprint density at radius 3 is 2.83 bits per heavy atom. The van der Waals surface area contributed by atoms with Crippen LogP contribution < -0.4 is 10.1 Å². The van der Waals surface area contributed by atoms with Crippen LogP contribution in [0.4, 0.5) is 4.39 Å². The van der Waals surface area contributed by atoms with Gasteiger partial charge in [-0.1, -0.05) is 0 Å². The molecule has 1 N–H and O–H groups in total. The molecule has 0 saturated heterocycles. The van der Waals surface area contributed by atoms with E-state index in [1.165, 1.54) is 25.4 Å². The van der Waals surface area contributed by atoms with E-state index in [0.717, 1.165) is 6.07 Å². The molecular formula is C13H11FN2O2. The number of hydrogen-bond acceptors (Lipinski definition) is 3. The lowest BCUT2D eigenvalue weighted by Gasteiger charge is -2.07. The molecule has 1 amide bonds. The normalized spacial score (nSPS) is 9.89. The van der Waals surface area contributed by atoms with Gasteiger partial charge in [0.05, 0.1) is 6.20 Å². The van der Waals surface area contributed by atoms with Crippen LogP contribution in [-0.4, -0.2) is 17.9 Å². The molecule has 0 aliphatic carbocycles. The highest BCUT2D eigenvalue weighted by Gasteiger charge is 2.08. The summed E-state index contributed by atoms with van der Waals surface area (Å²) < 4.78 is 18.8. The fraction of sp³-hybridized carbons (Fsp3) is 0.0769. The van der Waals surface area contributed by atoms with Gasteiger partial charge >= 0.3 is 0 Å². The lowest BCUT2D eigenvalue weighted by Crippen LogP contribution is -2.17. The Bertz CT molecular complexity index is 558. The van der Waals surface area contributed by atoms with Crippen molar-refractivity contribution in [3.8, 4) is 11.5 Å². The van der Waals surface area contributed by atoms with Gasteiger partial charge in [0.25, 0.3) is 5.91 Å². The van der Waals surface area contributed by atoms with E-state index < -0.39 is 5.82 Å². The number of benzene rings is 1. The quantitative estimate of drug-likeness (QED) is 0.904. The van der Waals surface area contributed by atoms with E-state index in [9.17, 15) is 9.18 Å². The molecule has 0 aliphatic heterocycles. The minimum atomic E-state index is -0.532. The molecule has 2 rings (SSSR count). The summed E-state index contributed by atoms with van der Waals surface area (Å²) >= 11 is 0. The smallest absolute Gasteiger partial charge is 0.251 e. The molecular weight excluding hydrogens is 235 g/mol. The number of pyridine rings is 1. The van der Waals surface area contributed by atoms with Crippen LogP contribution in [0.2, 0.25) is 0 Å². The van der Waals surface area contributed by atoms with Crippen molar-refractivity contribution in [2.45, 2.75) is 0 Å². The van der Waals surface area contributed by atoms with E-state index >= 15 is 0 Å². The van der Waals surface area contributed by atoms with E-state index in [1.54, 1.807) is 18.3 Å². The maximum absolute atomic E-state index is 13.4. The van der Waals surface area contributed by atoms with E-state index in [-0.39, 0.29) is 17.2 Å². The first-order chi connectivity index (χ1) is 8.69. The second-order valence-corrected chi connectivity index (χ2v) is 3.55. The van der Waals surface area contributed by atoms with Gasteiger partial charge in [0.1, 0.15) is 17.3 Å². The zero-order chi connectivity index (χ0) is 13.0. The summed E-state index contributed by atoms with van der Waals surface area (Å²) in [6.07, 6.45) is 3.11. The van der Waals surface area contributed by atoms with Gasteiger partial charge in [-0.2, -0.15) is 0 Å². The minimum absolute atomic E-state index is 0.205. The Hall–Kier alpha value is -2.43. The topological polar surface area (TPSA) is 51.2 Å². The summed E-state index contributed by atoms with van der Waals surface area (Å²) in [5.74, 6) is -0.173. The molecule has 1 aromatic heterocycles. The summed E-state index contributed by atoms with van der Waals surface area (Å²) in [6.45, 7) is 0. The van der Waals surface area contributed by atoms with E-state index in [4.69, 9.17) is 4.74 Å². The molecule has 18 heavy (non-hydrogen) atoms. The first kappa shape index (κ1) is 12.0. The average molecular weight is 246 g/mol. The van der Waals surface area contributed by atoms with Crippen molar-refractivity contribution in [2.24, 2.45) is 0 Å². The molecule has 0 aliphatic rings. The van der Waals surface area contributed by atoms with Gasteiger partial charge in [-0.15, -0.1) is 0 Å². The van der Waals surface area contributed by atoms with Gasteiger partial charge in [-0.05, 0) is 24.3 Å². The third kappa shape index (κ3) is 2.82. The Labute approximate surface area is 103 Å². The maximum atomic E-state index is 13.4. The largest absolute Gasteiger partial charge is 0.456 e. The van der Waals surface area contributed by atoms with Crippen molar-refractivity contribution >= 4 is 5.91 Å². The van der Waals surface area contributed by atoms with Crippen LogP contribution in [-0.2, 0) is 0 Å². The van der Waals surface area contributed by atoms with Gasteiger partial charge in [-0.25, -0.2) is 4.39 Å². The highest BCUT2D eigenvalue weighted by atomic mass is 19.1. The van der Waals surface area contributed by atoms with Crippen molar-refractivity contribution in [3.63, 3.8) is 0 Å². The fourth-order valence-corrected chi connectivity index (χ4v) is 1.44. The Morgan fingerprint density at radius 2 is 2.17 bits per heavy atom. The van der Waals surface area contributed by atoms with Crippen LogP contribution in [0.5, 0.6) is 11.5 Å². The van der Waals surface area contributed by atoms with Crippen LogP contribution in [0.1, 0.15) is 10.4 Å². The van der Waals surface area contributed by atoms with Crippen molar-refractivity contribution < 1.29 is 13.9 Å². The zero-order valence-electron chi connectivity index (χ0n) is 9.68. The third-order valence-electron chi connectivity index (χ3n) is 2.23. The highest BCUT2D eigenvalue weighted by Crippen LogP contribution is 2.22. The van der Waals surface area contributed by atoms with Crippen LogP contribution in [0.15, 0.2) is 42.7 Å². The molecule has 92 valence electrons. The lowest BCUT2D eigenvalue weighted by molar-refractivity contribution is 0.0962. The first-order valence-corrected chi connectivity index (χ1v) is 5.29. The van der Waals surface area contributed by atoms with Crippen LogP contribution >= 0.6 is 0 Å². The summed E-state index contributed by atoms with van der Waals surface area (Å²) in [5.41, 5.74) is 0.205. The molecule has 4 nitrogen and oxygen atoms in total. The summed E-state index contributed by atoms with van der Waals surface area (Å²) in [4.78, 5) is 15.3. The monoisotopic (exact) mass is 246 g/mol. The average Bonchev–Trinajstić information content (AvgIpc) is 2.38. The number of nitrogens with zero attached hydrogens (tertiary/aromatic N) is 1. The maximum Gasteiger partial charge on any atom is 0.251 e. The van der Waals surface area contributed by atoms with Crippen molar-refractivity contribution in [1.82, 2.24) is 10.3 Å². The minimum Gasteiger partial charge on any atom is -0.456 e. The number of aromatic nitrogens is 1. The van der Waals surface area contributed by atoms with E-state index in [0.29, 0.717) is 5.75 Å². The van der Waals surface area contributed by atoms with E-state index in [2.05, 4.69) is 10.3 Å². The van der Waals surface area contributed by atoms with Crippen molar-refractivity contribution in [1.29, 1.82) is 0 Å². The van der Waals surface area contributed by atoms with Gasteiger partial charge in [-0.3, -0.25) is 9.78 Å². The molecule has 5 heteroatoms. The number of rotatable bonds is 3. The molecule has 0 bridgehead atoms. The predicted octanol–water partition coefficient (Wildman–Crippen LogP) is 2.37. The number of amides is 1. The number of carbonyl (C=O) groups excluding carboxylic acids is 1. The van der Waals surface area contributed by atoms with Crippen LogP contribution in [0.3, 0.4) is 0 Å². The van der Waals surface area contributed by atoms with Crippen molar-refractivity contribution in [3.05, 3.63) is 54.1 Å². The molecule has 0 saturated carbocycles. The Morgan fingerprint density at radius 1 is 1.33 bits per heavy atom. The molecule has 0 fully saturated rings. The molecule has 0 radical (unpaired) electrons. The Kier molecular flexibility index (Phi) is 3.52. The highest BCUT2D eigenvalue weighted by molar-refractivity contribution is 5.94. The standard InChI is InChI=1S/C13H11FN2O2/c1-15-13(17)9-5-10(14)7-12(6-9)18-11-3-2-4-16-8-11/h2-8H,1H3,(H,15,17). The second kappa shape index (κ2) is 5.27. The molecule has 0 atom stereocenters. The molecule has 2 aromatic rings. The zero-order valence-corrected chi connectivity index (χ0v) is 9.68. The fourth-order valence-electron chi connectivity index (χ4n) is 1.44. The van der Waals surface area contributed by atoms with Gasteiger partial charge in [0, 0.05) is 24.9 Å². The van der Waals surface area contributed by atoms with E-state index in [1.807, 2.05) is 0 Å². The summed E-state index contributed by atoms with van der Waals surface area (Å²) in [7, 11) is 1.48. The van der Waals surface area contributed by atoms with Gasteiger partial charge < -0.3 is 10.1 Å². The molecule has 0 unspecified atom stereocenters. The SMILES string of the molecule is CNC(=O)c1cc(F)cc(Oc2cccnc2)c1. The number of hydrogen-bond donors (Lipinski definition) is 1. The molecule has 0 spiro atoms. The second-order valence-electron chi connectivity index (χ2n) is 3.55. The van der Waals surface area contributed by atoms with Crippen LogP contribution in [0.25, 0.3) is 0 Å². The molecule has 1 heterocycles. The number of ether oxygens (including phenoxy) is 1. The molecule has 1 aromatic carbocycles. The predicted molar refractivity (Wildman–Crippen MR) is 64.1 cm³/mol. The third-order valence-corrected chi connectivity index (χ3v) is 2.23. The summed E-state index contributed by atoms with van der Waals surface area (Å²) in [5, 5.41) is 2.43.